The van der Waals surface area contributed by atoms with Crippen LogP contribution < -0.4 is 21.7 Å². The number of likely N-dealkylation sites (tertiary alicyclic amines) is 1. The summed E-state index contributed by atoms with van der Waals surface area (Å²) in [6.07, 6.45) is 3.45. The largest absolute Gasteiger partial charge is 0.393 e. The molecule has 1 fully saturated rings. The van der Waals surface area contributed by atoms with Crippen molar-refractivity contribution in [1.29, 1.82) is 0 Å². The van der Waals surface area contributed by atoms with Gasteiger partial charge < -0.3 is 15.5 Å². The van der Waals surface area contributed by atoms with Crippen LogP contribution in [0.2, 0.25) is 0 Å². The van der Waals surface area contributed by atoms with E-state index >= 15 is 0 Å². The number of aliphatic hydroxyl groups is 2. The molecule has 4 rings (SSSR count). The smallest absolute Gasteiger partial charge is 0.259 e. The summed E-state index contributed by atoms with van der Waals surface area (Å²) in [7, 11) is 18.4. The van der Waals surface area contributed by atoms with E-state index in [0.29, 0.717) is 46.4 Å². The zero-order valence-corrected chi connectivity index (χ0v) is 20.7. The predicted molar refractivity (Wildman–Crippen MR) is 145 cm³/mol. The molecule has 1 aliphatic heterocycles. The van der Waals surface area contributed by atoms with Gasteiger partial charge in [0, 0.05) is 30.9 Å². The van der Waals surface area contributed by atoms with E-state index in [1.807, 2.05) is 12.1 Å². The monoisotopic (exact) mass is 478 g/mol. The first-order valence-corrected chi connectivity index (χ1v) is 12.0. The molecule has 2 aromatic carbocycles. The van der Waals surface area contributed by atoms with E-state index in [9.17, 15) is 15.0 Å². The summed E-state index contributed by atoms with van der Waals surface area (Å²) < 4.78 is 1.63. The van der Waals surface area contributed by atoms with Crippen LogP contribution in [0.3, 0.4) is 0 Å². The lowest BCUT2D eigenvalue weighted by atomic mass is 9.81. The number of amides is 1. The highest BCUT2D eigenvalue weighted by molar-refractivity contribution is 6.40. The molecule has 0 spiro atoms. The topological polar surface area (TPSA) is 90.6 Å². The van der Waals surface area contributed by atoms with Gasteiger partial charge in [0.25, 0.3) is 5.91 Å². The summed E-state index contributed by atoms with van der Waals surface area (Å²) in [4.78, 5) is 15.2. The van der Waals surface area contributed by atoms with Crippen molar-refractivity contribution in [2.24, 2.45) is 5.92 Å². The molecule has 3 aromatic rings. The molecule has 36 heavy (non-hydrogen) atoms. The zero-order valence-electron chi connectivity index (χ0n) is 20.7. The molecule has 3 N–H and O–H groups in total. The fourth-order valence-electron chi connectivity index (χ4n) is 4.63. The third kappa shape index (κ3) is 5.77. The minimum absolute atomic E-state index is 0.0224. The van der Waals surface area contributed by atoms with E-state index in [0.717, 1.165) is 30.6 Å². The first-order valence-electron chi connectivity index (χ1n) is 12.0. The van der Waals surface area contributed by atoms with Gasteiger partial charge in [0.05, 0.1) is 29.2 Å². The Morgan fingerprint density at radius 3 is 2.61 bits per heavy atom. The molecule has 6 radical (unpaired) electrons. The van der Waals surface area contributed by atoms with Crippen LogP contribution in [0.4, 0.5) is 5.69 Å². The molecule has 2 heterocycles. The van der Waals surface area contributed by atoms with Gasteiger partial charge in [-0.05, 0) is 57.0 Å². The number of aromatic nitrogens is 2. The Morgan fingerprint density at radius 2 is 1.92 bits per heavy atom. The number of anilines is 1. The second-order valence-electron chi connectivity index (χ2n) is 9.85. The van der Waals surface area contributed by atoms with Crippen LogP contribution >= 0.6 is 0 Å². The number of nitrogens with zero attached hydrogens (tertiary/aromatic N) is 3. The minimum Gasteiger partial charge on any atom is -0.393 e. The molecule has 10 heteroatoms. The van der Waals surface area contributed by atoms with E-state index in [1.54, 1.807) is 49.0 Å². The van der Waals surface area contributed by atoms with Gasteiger partial charge in [-0.1, -0.05) is 34.6 Å². The van der Waals surface area contributed by atoms with Crippen LogP contribution in [0, 0.1) is 12.8 Å². The summed E-state index contributed by atoms with van der Waals surface area (Å²) >= 11 is 0. The molecule has 180 valence electrons. The standard InChI is InChI=1S/C26H29B3N4O3/c1-16-21(14-33(31-16)20-7-5-19(27)6-8-20)25(35)30-24-11-22(28)17(10-23(24)29)12-32-9-3-4-18(13-32)26(2,36)15-34/h5-8,10-11,14,18,34,36H,3-4,9,12-13,15H2,1-2H3,(H,30,35). The third-order valence-corrected chi connectivity index (χ3v) is 6.96. The summed E-state index contributed by atoms with van der Waals surface area (Å²) in [6.45, 7) is 5.26. The lowest BCUT2D eigenvalue weighted by molar-refractivity contribution is -0.0696. The summed E-state index contributed by atoms with van der Waals surface area (Å²) in [5.41, 5.74) is 3.53. The molecule has 1 saturated heterocycles. The number of hydrogen-bond donors (Lipinski definition) is 3. The number of nitrogens with one attached hydrogen (secondary N) is 1. The van der Waals surface area contributed by atoms with Gasteiger partial charge >= 0.3 is 0 Å². The zero-order chi connectivity index (χ0) is 26.0. The summed E-state index contributed by atoms with van der Waals surface area (Å²) in [6, 6.07) is 10.7. The van der Waals surface area contributed by atoms with Crippen LogP contribution in [-0.4, -0.2) is 79.6 Å². The van der Waals surface area contributed by atoms with Crippen LogP contribution in [0.15, 0.2) is 42.6 Å². The van der Waals surface area contributed by atoms with Crippen molar-refractivity contribution in [3.8, 4) is 5.69 Å². The normalized spacial score (nSPS) is 18.1. The highest BCUT2D eigenvalue weighted by atomic mass is 16.3. The number of aryl methyl sites for hydroxylation is 1. The molecule has 2 unspecified atom stereocenters. The molecule has 7 nitrogen and oxygen atoms in total. The Kier molecular flexibility index (Phi) is 7.78. The van der Waals surface area contributed by atoms with Crippen molar-refractivity contribution < 1.29 is 15.0 Å². The van der Waals surface area contributed by atoms with E-state index in [4.69, 9.17) is 23.5 Å². The molecule has 0 saturated carbocycles. The summed E-state index contributed by atoms with van der Waals surface area (Å²) in [5, 5.41) is 27.3. The number of benzene rings is 2. The maximum atomic E-state index is 13.0. The van der Waals surface area contributed by atoms with Gasteiger partial charge in [0.1, 0.15) is 23.5 Å². The Bertz CT molecular complexity index is 1240. The van der Waals surface area contributed by atoms with Crippen molar-refractivity contribution in [3.63, 3.8) is 0 Å². The van der Waals surface area contributed by atoms with Crippen LogP contribution in [0.5, 0.6) is 0 Å². The SMILES string of the molecule is [B]c1ccc(-n2cc(C(=O)Nc3cc([B])c(CN4CCCC(C(C)(O)CO)C4)cc3[B])c(C)n2)cc1. The lowest BCUT2D eigenvalue weighted by Crippen LogP contribution is -2.48. The molecular formula is C26H29B3N4O3. The fourth-order valence-corrected chi connectivity index (χ4v) is 4.63. The van der Waals surface area contributed by atoms with Crippen molar-refractivity contribution in [1.82, 2.24) is 14.7 Å². The molecule has 1 amide bonds. The van der Waals surface area contributed by atoms with Crippen molar-refractivity contribution in [2.75, 3.05) is 25.0 Å². The second kappa shape index (κ2) is 10.7. The van der Waals surface area contributed by atoms with Crippen molar-refractivity contribution in [2.45, 2.75) is 38.8 Å². The van der Waals surface area contributed by atoms with Gasteiger partial charge in [-0.2, -0.15) is 5.10 Å². The third-order valence-electron chi connectivity index (χ3n) is 6.96. The minimum atomic E-state index is -1.11. The molecule has 2 atom stereocenters. The summed E-state index contributed by atoms with van der Waals surface area (Å²) in [5.74, 6) is -0.357. The fraction of sp³-hybridized carbons (Fsp3) is 0.385. The average molecular weight is 478 g/mol. The molecule has 1 aromatic heterocycles. The number of piperidine rings is 1. The first kappa shape index (κ1) is 26.3. The van der Waals surface area contributed by atoms with Crippen molar-refractivity contribution in [3.05, 3.63) is 59.4 Å². The highest BCUT2D eigenvalue weighted by Gasteiger charge is 2.34. The lowest BCUT2D eigenvalue weighted by Gasteiger charge is -2.39. The highest BCUT2D eigenvalue weighted by Crippen LogP contribution is 2.27. The number of aliphatic hydroxyl groups excluding tert-OH is 1. The Hall–Kier alpha value is -2.81. The first-order chi connectivity index (χ1) is 17.1. The maximum Gasteiger partial charge on any atom is 0.259 e. The van der Waals surface area contributed by atoms with Crippen LogP contribution in [0.1, 0.15) is 41.4 Å². The maximum absolute atomic E-state index is 13.0. The van der Waals surface area contributed by atoms with E-state index in [1.165, 1.54) is 0 Å². The quantitative estimate of drug-likeness (QED) is 0.409. The predicted octanol–water partition coefficient (Wildman–Crippen LogP) is -0.230. The number of carbonyl (C=O) groups excluding carboxylic acids is 1. The van der Waals surface area contributed by atoms with Crippen LogP contribution in [-0.2, 0) is 6.54 Å². The Labute approximate surface area is 216 Å². The van der Waals surface area contributed by atoms with Gasteiger partial charge in [-0.25, -0.2) is 4.68 Å². The Balaban J connectivity index is 1.47. The van der Waals surface area contributed by atoms with Gasteiger partial charge in [-0.3, -0.25) is 9.69 Å². The van der Waals surface area contributed by atoms with Gasteiger partial charge in [0.15, 0.2) is 0 Å². The molecule has 0 bridgehead atoms. The number of rotatable bonds is 7. The van der Waals surface area contributed by atoms with Crippen molar-refractivity contribution >= 4 is 51.5 Å². The van der Waals surface area contributed by atoms with Gasteiger partial charge in [-0.15, -0.1) is 0 Å². The molecular weight excluding hydrogens is 449 g/mol. The van der Waals surface area contributed by atoms with E-state index < -0.39 is 5.60 Å². The number of carbonyl (C=O) groups is 1. The number of hydrogen-bond acceptors (Lipinski definition) is 5. The van der Waals surface area contributed by atoms with E-state index in [2.05, 4.69) is 15.3 Å². The Morgan fingerprint density at radius 1 is 1.19 bits per heavy atom. The second-order valence-corrected chi connectivity index (χ2v) is 9.85. The molecule has 0 aliphatic carbocycles. The van der Waals surface area contributed by atoms with E-state index in [-0.39, 0.29) is 18.4 Å². The molecule has 1 aliphatic rings. The average Bonchev–Trinajstić information content (AvgIpc) is 3.24. The van der Waals surface area contributed by atoms with Gasteiger partial charge in [0.2, 0.25) is 0 Å². The van der Waals surface area contributed by atoms with Crippen LogP contribution in [0.25, 0.3) is 5.69 Å².